The number of carbonyl (C=O) groups excluding carboxylic acids is 1. The van der Waals surface area contributed by atoms with Gasteiger partial charge in [-0.15, -0.1) is 0 Å². The average molecular weight is 332 g/mol. The lowest BCUT2D eigenvalue weighted by Gasteiger charge is -2.37. The predicted octanol–water partition coefficient (Wildman–Crippen LogP) is 3.59. The summed E-state index contributed by atoms with van der Waals surface area (Å²) >= 11 is 0. The lowest BCUT2D eigenvalue weighted by atomic mass is 9.97. The minimum atomic E-state index is -4.47. The number of halogens is 4. The Morgan fingerprint density at radius 1 is 1.30 bits per heavy atom. The number of alkyl halides is 3. The average Bonchev–Trinajstić information content (AvgIpc) is 2.68. The van der Waals surface area contributed by atoms with Crippen molar-refractivity contribution in [1.82, 2.24) is 10.4 Å². The number of carbonyl (C=O) groups is 1. The molecule has 1 heterocycles. The van der Waals surface area contributed by atoms with Gasteiger partial charge in [-0.05, 0) is 44.7 Å². The predicted molar refractivity (Wildman–Crippen MR) is 77.9 cm³/mol. The summed E-state index contributed by atoms with van der Waals surface area (Å²) in [5, 5.41) is 0.997. The number of aryl methyl sites for hydroxylation is 1. The Hall–Kier alpha value is -1.63. The van der Waals surface area contributed by atoms with E-state index in [0.717, 1.165) is 5.01 Å². The molecule has 0 spiro atoms. The largest absolute Gasteiger partial charge is 0.405 e. The molecule has 1 saturated heterocycles. The SMILES string of the molecule is CC1(C)CC(=O)NN1[C@@H](CCCc1ccccc1F)C(F)(F)F. The van der Waals surface area contributed by atoms with Crippen LogP contribution >= 0.6 is 0 Å². The quantitative estimate of drug-likeness (QED) is 0.836. The minimum Gasteiger partial charge on any atom is -0.288 e. The second-order valence-electron chi connectivity index (χ2n) is 6.44. The van der Waals surface area contributed by atoms with E-state index in [4.69, 9.17) is 0 Å². The molecule has 0 aromatic heterocycles. The van der Waals surface area contributed by atoms with E-state index < -0.39 is 29.5 Å². The van der Waals surface area contributed by atoms with Crippen LogP contribution in [-0.2, 0) is 11.2 Å². The highest BCUT2D eigenvalue weighted by atomic mass is 19.4. The van der Waals surface area contributed by atoms with E-state index in [1.54, 1.807) is 32.0 Å². The maximum absolute atomic E-state index is 13.5. The van der Waals surface area contributed by atoms with Crippen molar-refractivity contribution in [3.63, 3.8) is 0 Å². The molecule has 1 aliphatic heterocycles. The second-order valence-corrected chi connectivity index (χ2v) is 6.44. The van der Waals surface area contributed by atoms with Gasteiger partial charge in [-0.25, -0.2) is 9.40 Å². The molecular weight excluding hydrogens is 312 g/mol. The van der Waals surface area contributed by atoms with Crippen molar-refractivity contribution in [1.29, 1.82) is 0 Å². The number of nitrogens with zero attached hydrogens (tertiary/aromatic N) is 1. The lowest BCUT2D eigenvalue weighted by molar-refractivity contribution is -0.202. The Kier molecular flexibility index (Phi) is 4.98. The van der Waals surface area contributed by atoms with E-state index in [2.05, 4.69) is 5.43 Å². The molecule has 0 unspecified atom stereocenters. The maximum atomic E-state index is 13.5. The first-order valence-electron chi connectivity index (χ1n) is 7.50. The van der Waals surface area contributed by atoms with Crippen LogP contribution in [-0.4, -0.2) is 28.7 Å². The normalized spacial score (nSPS) is 19.7. The summed E-state index contributed by atoms with van der Waals surface area (Å²) in [7, 11) is 0. The van der Waals surface area contributed by atoms with E-state index in [0.29, 0.717) is 5.56 Å². The number of amides is 1. The first-order valence-corrected chi connectivity index (χ1v) is 7.50. The van der Waals surface area contributed by atoms with E-state index in [1.165, 1.54) is 6.07 Å². The third-order valence-corrected chi connectivity index (χ3v) is 4.06. The smallest absolute Gasteiger partial charge is 0.288 e. The van der Waals surface area contributed by atoms with Crippen LogP contribution in [0.1, 0.15) is 38.7 Å². The Labute approximate surface area is 132 Å². The van der Waals surface area contributed by atoms with Gasteiger partial charge in [-0.1, -0.05) is 18.2 Å². The van der Waals surface area contributed by atoms with Crippen molar-refractivity contribution in [2.75, 3.05) is 0 Å². The van der Waals surface area contributed by atoms with Crippen molar-refractivity contribution in [2.45, 2.75) is 57.3 Å². The first-order chi connectivity index (χ1) is 10.6. The van der Waals surface area contributed by atoms with Crippen molar-refractivity contribution in [3.05, 3.63) is 35.6 Å². The summed E-state index contributed by atoms with van der Waals surface area (Å²) in [5.41, 5.74) is 1.80. The van der Waals surface area contributed by atoms with E-state index >= 15 is 0 Å². The van der Waals surface area contributed by atoms with Crippen molar-refractivity contribution >= 4 is 5.91 Å². The highest BCUT2D eigenvalue weighted by Gasteiger charge is 2.51. The van der Waals surface area contributed by atoms with Crippen molar-refractivity contribution < 1.29 is 22.4 Å². The van der Waals surface area contributed by atoms with Gasteiger partial charge in [0.1, 0.15) is 11.9 Å². The number of rotatable bonds is 5. The molecule has 1 aromatic carbocycles. The van der Waals surface area contributed by atoms with Crippen molar-refractivity contribution in [3.8, 4) is 0 Å². The molecule has 0 radical (unpaired) electrons. The molecule has 1 fully saturated rings. The number of benzene rings is 1. The molecule has 0 bridgehead atoms. The summed E-state index contributed by atoms with van der Waals surface area (Å²) in [4.78, 5) is 11.5. The third kappa shape index (κ3) is 4.22. The summed E-state index contributed by atoms with van der Waals surface area (Å²) in [6, 6.07) is 4.28. The van der Waals surface area contributed by atoms with Gasteiger partial charge >= 0.3 is 6.18 Å². The van der Waals surface area contributed by atoms with Gasteiger partial charge in [0.2, 0.25) is 5.91 Å². The zero-order valence-corrected chi connectivity index (χ0v) is 13.1. The van der Waals surface area contributed by atoms with E-state index in [-0.39, 0.29) is 25.7 Å². The zero-order valence-electron chi connectivity index (χ0n) is 13.1. The van der Waals surface area contributed by atoms with Crippen LogP contribution in [0, 0.1) is 5.82 Å². The molecule has 7 heteroatoms. The van der Waals surface area contributed by atoms with Gasteiger partial charge in [-0.3, -0.25) is 10.2 Å². The van der Waals surface area contributed by atoms with Crippen LogP contribution < -0.4 is 5.43 Å². The van der Waals surface area contributed by atoms with Crippen LogP contribution in [0.5, 0.6) is 0 Å². The second kappa shape index (κ2) is 6.47. The fourth-order valence-corrected chi connectivity index (χ4v) is 2.93. The number of hydrogen-bond acceptors (Lipinski definition) is 2. The molecule has 0 saturated carbocycles. The maximum Gasteiger partial charge on any atom is 0.405 e. The summed E-state index contributed by atoms with van der Waals surface area (Å²) in [5.74, 6) is -0.829. The molecule has 1 atom stereocenters. The number of hydrogen-bond donors (Lipinski definition) is 1. The van der Waals surface area contributed by atoms with Gasteiger partial charge in [0.25, 0.3) is 0 Å². The van der Waals surface area contributed by atoms with Gasteiger partial charge in [0.15, 0.2) is 0 Å². The number of hydrazine groups is 1. The Bertz CT molecular complexity index is 571. The highest BCUT2D eigenvalue weighted by molar-refractivity contribution is 5.78. The molecule has 3 nitrogen and oxygen atoms in total. The molecule has 23 heavy (non-hydrogen) atoms. The molecule has 1 amide bonds. The Morgan fingerprint density at radius 3 is 2.48 bits per heavy atom. The molecule has 1 aromatic rings. The molecule has 2 rings (SSSR count). The fraction of sp³-hybridized carbons (Fsp3) is 0.562. The summed E-state index contributed by atoms with van der Waals surface area (Å²) in [6.07, 6.45) is -4.26. The van der Waals surface area contributed by atoms with Gasteiger partial charge in [-0.2, -0.15) is 13.2 Å². The Balaban J connectivity index is 2.06. The van der Waals surface area contributed by atoms with Gasteiger partial charge in [0.05, 0.1) is 0 Å². The first kappa shape index (κ1) is 17.7. The highest BCUT2D eigenvalue weighted by Crippen LogP contribution is 2.35. The topological polar surface area (TPSA) is 32.3 Å². The molecule has 1 aliphatic rings. The van der Waals surface area contributed by atoms with Gasteiger partial charge < -0.3 is 0 Å². The standard InChI is InChI=1S/C16H20F4N2O/c1-15(2)10-14(23)21-22(15)13(16(18,19)20)9-5-7-11-6-3-4-8-12(11)17/h3-4,6,8,13H,5,7,9-10H2,1-2H3,(H,21,23)/t13-/m0/s1. The number of nitrogens with one attached hydrogen (secondary N) is 1. The summed E-state index contributed by atoms with van der Waals surface area (Å²) < 4.78 is 53.7. The van der Waals surface area contributed by atoms with E-state index in [1.807, 2.05) is 0 Å². The van der Waals surface area contributed by atoms with Crippen LogP contribution in [0.15, 0.2) is 24.3 Å². The van der Waals surface area contributed by atoms with Crippen molar-refractivity contribution in [2.24, 2.45) is 0 Å². The third-order valence-electron chi connectivity index (χ3n) is 4.06. The van der Waals surface area contributed by atoms with Crippen LogP contribution in [0.2, 0.25) is 0 Å². The van der Waals surface area contributed by atoms with Crippen LogP contribution in [0.3, 0.4) is 0 Å². The van der Waals surface area contributed by atoms with Crippen LogP contribution in [0.25, 0.3) is 0 Å². The Morgan fingerprint density at radius 2 is 1.96 bits per heavy atom. The summed E-state index contributed by atoms with van der Waals surface area (Å²) in [6.45, 7) is 3.20. The zero-order chi connectivity index (χ0) is 17.3. The molecular formula is C16H20F4N2O. The monoisotopic (exact) mass is 332 g/mol. The van der Waals surface area contributed by atoms with Gasteiger partial charge in [0, 0.05) is 12.0 Å². The molecule has 1 N–H and O–H groups in total. The van der Waals surface area contributed by atoms with Crippen LogP contribution in [0.4, 0.5) is 17.6 Å². The molecule has 0 aliphatic carbocycles. The lowest BCUT2D eigenvalue weighted by Crippen LogP contribution is -2.56. The van der Waals surface area contributed by atoms with E-state index in [9.17, 15) is 22.4 Å². The fourth-order valence-electron chi connectivity index (χ4n) is 2.93. The minimum absolute atomic E-state index is 0.0207. The molecule has 128 valence electrons.